The van der Waals surface area contributed by atoms with Crippen LogP contribution in [0.4, 0.5) is 0 Å². The molecule has 0 spiro atoms. The average molecular weight is 319 g/mol. The first-order valence-corrected chi connectivity index (χ1v) is 6.57. The summed E-state index contributed by atoms with van der Waals surface area (Å²) in [4.78, 5) is 11.9. The molecule has 3 nitrogen and oxygen atoms in total. The molecule has 17 heavy (non-hydrogen) atoms. The minimum absolute atomic E-state index is 0.0779. The predicted molar refractivity (Wildman–Crippen MR) is 70.2 cm³/mol. The van der Waals surface area contributed by atoms with Crippen LogP contribution in [0.1, 0.15) is 23.2 Å². The van der Waals surface area contributed by atoms with Crippen molar-refractivity contribution in [2.45, 2.75) is 12.8 Å². The summed E-state index contributed by atoms with van der Waals surface area (Å²) in [7, 11) is 0. The third-order valence-corrected chi connectivity index (χ3v) is 3.72. The largest absolute Gasteiger partial charge is 0.396 e. The van der Waals surface area contributed by atoms with Crippen LogP contribution in [-0.2, 0) is 0 Å². The molecule has 1 aliphatic rings. The van der Waals surface area contributed by atoms with E-state index in [0.29, 0.717) is 17.1 Å². The van der Waals surface area contributed by atoms with Gasteiger partial charge in [-0.1, -0.05) is 27.5 Å². The Morgan fingerprint density at radius 1 is 1.47 bits per heavy atom. The van der Waals surface area contributed by atoms with Crippen LogP contribution in [-0.4, -0.2) is 24.2 Å². The molecule has 1 fully saturated rings. The summed E-state index contributed by atoms with van der Waals surface area (Å²) in [6.07, 6.45) is 1.95. The lowest BCUT2D eigenvalue weighted by Gasteiger charge is -2.12. The molecular weight excluding hydrogens is 305 g/mol. The maximum atomic E-state index is 11.9. The number of aliphatic hydroxyl groups is 1. The molecule has 0 aliphatic heterocycles. The fourth-order valence-corrected chi connectivity index (χ4v) is 2.48. The monoisotopic (exact) mass is 317 g/mol. The van der Waals surface area contributed by atoms with Crippen molar-refractivity contribution in [3.05, 3.63) is 33.3 Å². The summed E-state index contributed by atoms with van der Waals surface area (Å²) in [5.41, 5.74) is 0.448. The molecule has 0 unspecified atom stereocenters. The van der Waals surface area contributed by atoms with Crippen LogP contribution in [0.25, 0.3) is 0 Å². The molecule has 2 N–H and O–H groups in total. The first kappa shape index (κ1) is 12.9. The SMILES string of the molecule is O=C(NCC1(CO)CC1)c1cc(Cl)cc(Br)c1. The fraction of sp³-hybridized carbons (Fsp3) is 0.417. The van der Waals surface area contributed by atoms with Crippen LogP contribution in [0.5, 0.6) is 0 Å². The number of carbonyl (C=O) groups is 1. The molecule has 0 saturated heterocycles. The van der Waals surface area contributed by atoms with Gasteiger partial charge in [0.25, 0.3) is 5.91 Å². The molecule has 1 saturated carbocycles. The van der Waals surface area contributed by atoms with E-state index in [2.05, 4.69) is 21.2 Å². The predicted octanol–water partition coefficient (Wildman–Crippen LogP) is 2.60. The zero-order valence-corrected chi connectivity index (χ0v) is 11.5. The summed E-state index contributed by atoms with van der Waals surface area (Å²) in [5, 5.41) is 12.5. The van der Waals surface area contributed by atoms with E-state index in [1.807, 2.05) is 0 Å². The molecule has 0 aromatic heterocycles. The van der Waals surface area contributed by atoms with Gasteiger partial charge in [0, 0.05) is 27.0 Å². The molecule has 2 rings (SSSR count). The van der Waals surface area contributed by atoms with E-state index in [9.17, 15) is 4.79 Å². The van der Waals surface area contributed by atoms with Gasteiger partial charge in [0.05, 0.1) is 6.61 Å². The Bertz CT molecular complexity index is 426. The van der Waals surface area contributed by atoms with E-state index >= 15 is 0 Å². The minimum Gasteiger partial charge on any atom is -0.396 e. The first-order chi connectivity index (χ1) is 8.04. The van der Waals surface area contributed by atoms with Crippen LogP contribution in [0, 0.1) is 5.41 Å². The van der Waals surface area contributed by atoms with Gasteiger partial charge >= 0.3 is 0 Å². The number of rotatable bonds is 4. The Morgan fingerprint density at radius 2 is 2.18 bits per heavy atom. The highest BCUT2D eigenvalue weighted by atomic mass is 79.9. The molecular formula is C12H13BrClNO2. The number of amides is 1. The van der Waals surface area contributed by atoms with Crippen LogP contribution in [0.15, 0.2) is 22.7 Å². The number of benzene rings is 1. The van der Waals surface area contributed by atoms with E-state index in [1.165, 1.54) is 0 Å². The highest BCUT2D eigenvalue weighted by Crippen LogP contribution is 2.44. The molecule has 1 aromatic rings. The van der Waals surface area contributed by atoms with E-state index in [1.54, 1.807) is 18.2 Å². The van der Waals surface area contributed by atoms with Crippen molar-refractivity contribution in [3.63, 3.8) is 0 Å². The van der Waals surface area contributed by atoms with Gasteiger partial charge in [0.2, 0.25) is 0 Å². The summed E-state index contributed by atoms with van der Waals surface area (Å²) in [6, 6.07) is 5.08. The lowest BCUT2D eigenvalue weighted by molar-refractivity contribution is 0.0935. The molecule has 1 aromatic carbocycles. The second-order valence-corrected chi connectivity index (χ2v) is 5.85. The van der Waals surface area contributed by atoms with E-state index in [0.717, 1.165) is 17.3 Å². The normalized spacial score (nSPS) is 16.6. The van der Waals surface area contributed by atoms with Crippen LogP contribution >= 0.6 is 27.5 Å². The van der Waals surface area contributed by atoms with Crippen molar-refractivity contribution in [1.29, 1.82) is 0 Å². The van der Waals surface area contributed by atoms with Gasteiger partial charge in [-0.05, 0) is 31.0 Å². The van der Waals surface area contributed by atoms with Gasteiger partial charge in [0.15, 0.2) is 0 Å². The van der Waals surface area contributed by atoms with Gasteiger partial charge in [-0.3, -0.25) is 4.79 Å². The summed E-state index contributed by atoms with van der Waals surface area (Å²) >= 11 is 9.17. The third-order valence-electron chi connectivity index (χ3n) is 3.04. The van der Waals surface area contributed by atoms with Gasteiger partial charge in [-0.2, -0.15) is 0 Å². The molecule has 92 valence electrons. The molecule has 0 atom stereocenters. The van der Waals surface area contributed by atoms with Crippen LogP contribution < -0.4 is 5.32 Å². The second-order valence-electron chi connectivity index (χ2n) is 4.50. The zero-order valence-electron chi connectivity index (χ0n) is 9.17. The van der Waals surface area contributed by atoms with E-state index in [-0.39, 0.29) is 17.9 Å². The maximum Gasteiger partial charge on any atom is 0.251 e. The Kier molecular flexibility index (Phi) is 3.76. The summed E-state index contributed by atoms with van der Waals surface area (Å²) in [6.45, 7) is 0.652. The molecule has 1 aliphatic carbocycles. The fourth-order valence-electron chi connectivity index (χ4n) is 1.62. The van der Waals surface area contributed by atoms with Gasteiger partial charge in [-0.15, -0.1) is 0 Å². The first-order valence-electron chi connectivity index (χ1n) is 5.40. The molecule has 1 amide bonds. The third kappa shape index (κ3) is 3.21. The lowest BCUT2D eigenvalue weighted by Crippen LogP contribution is -2.31. The van der Waals surface area contributed by atoms with Crippen molar-refractivity contribution in [2.24, 2.45) is 5.41 Å². The van der Waals surface area contributed by atoms with E-state index in [4.69, 9.17) is 16.7 Å². The van der Waals surface area contributed by atoms with Gasteiger partial charge in [0.1, 0.15) is 0 Å². The highest BCUT2D eigenvalue weighted by Gasteiger charge is 2.42. The van der Waals surface area contributed by atoms with Crippen LogP contribution in [0.2, 0.25) is 5.02 Å². The molecule has 0 heterocycles. The number of hydrogen-bond donors (Lipinski definition) is 2. The van der Waals surface area contributed by atoms with Crippen molar-refractivity contribution < 1.29 is 9.90 Å². The molecule has 0 bridgehead atoms. The van der Waals surface area contributed by atoms with Crippen molar-refractivity contribution >= 4 is 33.4 Å². The summed E-state index contributed by atoms with van der Waals surface area (Å²) < 4.78 is 0.776. The van der Waals surface area contributed by atoms with Crippen molar-refractivity contribution in [3.8, 4) is 0 Å². The van der Waals surface area contributed by atoms with Gasteiger partial charge in [-0.25, -0.2) is 0 Å². The number of halogens is 2. The maximum absolute atomic E-state index is 11.9. The number of carbonyl (C=O) groups excluding carboxylic acids is 1. The van der Waals surface area contributed by atoms with Crippen molar-refractivity contribution in [2.75, 3.05) is 13.2 Å². The second kappa shape index (κ2) is 4.96. The summed E-state index contributed by atoms with van der Waals surface area (Å²) in [5.74, 6) is -0.159. The Balaban J connectivity index is 1.99. The lowest BCUT2D eigenvalue weighted by atomic mass is 10.1. The van der Waals surface area contributed by atoms with E-state index < -0.39 is 0 Å². The number of aliphatic hydroxyl groups excluding tert-OH is 1. The Labute approximate surface area is 113 Å². The minimum atomic E-state index is -0.159. The Hall–Kier alpha value is -0.580. The van der Waals surface area contributed by atoms with Gasteiger partial charge < -0.3 is 10.4 Å². The molecule has 0 radical (unpaired) electrons. The average Bonchev–Trinajstić information content (AvgIpc) is 3.05. The molecule has 5 heteroatoms. The standard InChI is InChI=1S/C12H13BrClNO2/c13-9-3-8(4-10(14)5-9)11(17)15-6-12(7-16)1-2-12/h3-5,16H,1-2,6-7H2,(H,15,17). The topological polar surface area (TPSA) is 49.3 Å². The zero-order chi connectivity index (χ0) is 12.5. The number of nitrogens with one attached hydrogen (secondary N) is 1. The smallest absolute Gasteiger partial charge is 0.251 e. The highest BCUT2D eigenvalue weighted by molar-refractivity contribution is 9.10. The Morgan fingerprint density at radius 3 is 2.71 bits per heavy atom. The van der Waals surface area contributed by atoms with Crippen LogP contribution in [0.3, 0.4) is 0 Å². The van der Waals surface area contributed by atoms with Crippen molar-refractivity contribution in [1.82, 2.24) is 5.32 Å². The quantitative estimate of drug-likeness (QED) is 0.896. The number of hydrogen-bond acceptors (Lipinski definition) is 2.